The Morgan fingerprint density at radius 2 is 1.96 bits per heavy atom. The monoisotopic (exact) mass is 340 g/mol. The van der Waals surface area contributed by atoms with E-state index in [0.29, 0.717) is 37.4 Å². The van der Waals surface area contributed by atoms with E-state index < -0.39 is 20.5 Å². The average molecular weight is 340 g/mol. The molecule has 3 rings (SSSR count). The Balaban J connectivity index is 1.72. The minimum Gasteiger partial charge on any atom is -0.454 e. The highest BCUT2D eigenvalue weighted by Gasteiger charge is 2.48. The van der Waals surface area contributed by atoms with Crippen molar-refractivity contribution in [3.8, 4) is 11.5 Å². The lowest BCUT2D eigenvalue weighted by Gasteiger charge is -2.34. The van der Waals surface area contributed by atoms with Crippen molar-refractivity contribution in [3.63, 3.8) is 0 Å². The molecule has 0 aliphatic carbocycles. The van der Waals surface area contributed by atoms with Gasteiger partial charge in [0.05, 0.1) is 0 Å². The van der Waals surface area contributed by atoms with Gasteiger partial charge in [0, 0.05) is 12.8 Å². The molecular formula is C15H20N2O5S. The second kappa shape index (κ2) is 6.01. The fraction of sp³-hybridized carbons (Fsp3) is 0.533. The quantitative estimate of drug-likeness (QED) is 0.813. The molecule has 8 heteroatoms. The van der Waals surface area contributed by atoms with Crippen molar-refractivity contribution in [2.24, 2.45) is 0 Å². The normalized spacial score (nSPS) is 19.3. The maximum Gasteiger partial charge on any atom is 0.241 e. The lowest BCUT2D eigenvalue weighted by molar-refractivity contribution is -0.124. The number of rotatable bonds is 4. The van der Waals surface area contributed by atoms with Crippen LogP contribution in [0.2, 0.25) is 0 Å². The first kappa shape index (κ1) is 16.1. The summed E-state index contributed by atoms with van der Waals surface area (Å²) in [5.74, 6) is 0.877. The number of amides is 1. The van der Waals surface area contributed by atoms with Gasteiger partial charge in [0.2, 0.25) is 12.7 Å². The first-order chi connectivity index (χ1) is 10.9. The molecule has 0 saturated carbocycles. The summed E-state index contributed by atoms with van der Waals surface area (Å²) >= 11 is 0. The number of benzene rings is 1. The first-order valence-electron chi connectivity index (χ1n) is 7.49. The van der Waals surface area contributed by atoms with Crippen LogP contribution in [0.15, 0.2) is 18.2 Å². The summed E-state index contributed by atoms with van der Waals surface area (Å²) in [5.41, 5.74) is 0.834. The Labute approximate surface area is 135 Å². The van der Waals surface area contributed by atoms with Gasteiger partial charge in [-0.3, -0.25) is 4.79 Å². The predicted octanol–water partition coefficient (Wildman–Crippen LogP) is 0.198. The van der Waals surface area contributed by atoms with Gasteiger partial charge in [-0.15, -0.1) is 0 Å². The molecule has 1 aromatic carbocycles. The minimum absolute atomic E-state index is 0.190. The van der Waals surface area contributed by atoms with Crippen LogP contribution in [0.25, 0.3) is 0 Å². The van der Waals surface area contributed by atoms with Gasteiger partial charge in [-0.25, -0.2) is 8.42 Å². The average Bonchev–Trinajstić information content (AvgIpc) is 2.99. The van der Waals surface area contributed by atoms with E-state index in [1.807, 2.05) is 6.07 Å². The fourth-order valence-corrected chi connectivity index (χ4v) is 4.35. The number of hydrogen-bond donors (Lipinski definition) is 2. The van der Waals surface area contributed by atoms with Crippen molar-refractivity contribution in [2.45, 2.75) is 24.1 Å². The Bertz CT molecular complexity index is 711. The van der Waals surface area contributed by atoms with Crippen molar-refractivity contribution in [3.05, 3.63) is 23.8 Å². The molecule has 1 aromatic rings. The molecule has 126 valence electrons. The van der Waals surface area contributed by atoms with Crippen molar-refractivity contribution in [1.82, 2.24) is 10.6 Å². The number of hydrogen-bond acceptors (Lipinski definition) is 6. The summed E-state index contributed by atoms with van der Waals surface area (Å²) < 4.78 is 33.6. The van der Waals surface area contributed by atoms with Crippen LogP contribution in [0.4, 0.5) is 0 Å². The zero-order valence-electron chi connectivity index (χ0n) is 12.9. The summed E-state index contributed by atoms with van der Waals surface area (Å²) in [7, 11) is -3.50. The third-order valence-electron chi connectivity index (χ3n) is 4.42. The number of carbonyl (C=O) groups is 1. The lowest BCUT2D eigenvalue weighted by atomic mass is 9.95. The van der Waals surface area contributed by atoms with E-state index in [1.54, 1.807) is 12.1 Å². The maximum absolute atomic E-state index is 12.6. The SMILES string of the molecule is CS(=O)(=O)C1(C(=O)NCc2ccc3c(c2)OCO3)CCNCC1. The zero-order valence-corrected chi connectivity index (χ0v) is 13.7. The molecule has 1 amide bonds. The number of piperidine rings is 1. The molecule has 0 radical (unpaired) electrons. The second-order valence-electron chi connectivity index (χ2n) is 5.89. The summed E-state index contributed by atoms with van der Waals surface area (Å²) in [5, 5.41) is 5.86. The number of nitrogens with one attached hydrogen (secondary N) is 2. The molecule has 2 aliphatic rings. The smallest absolute Gasteiger partial charge is 0.241 e. The van der Waals surface area contributed by atoms with Crippen LogP contribution in [0.3, 0.4) is 0 Å². The van der Waals surface area contributed by atoms with Crippen LogP contribution in [0.5, 0.6) is 11.5 Å². The highest BCUT2D eigenvalue weighted by molar-refractivity contribution is 7.92. The van der Waals surface area contributed by atoms with Gasteiger partial charge in [0.15, 0.2) is 26.1 Å². The van der Waals surface area contributed by atoms with Gasteiger partial charge in [-0.1, -0.05) is 6.07 Å². The van der Waals surface area contributed by atoms with Crippen molar-refractivity contribution >= 4 is 15.7 Å². The van der Waals surface area contributed by atoms with Crippen LogP contribution in [-0.2, 0) is 21.2 Å². The van der Waals surface area contributed by atoms with Gasteiger partial charge in [0.1, 0.15) is 0 Å². The Morgan fingerprint density at radius 1 is 1.26 bits per heavy atom. The van der Waals surface area contributed by atoms with Crippen molar-refractivity contribution < 1.29 is 22.7 Å². The van der Waals surface area contributed by atoms with E-state index in [0.717, 1.165) is 11.8 Å². The lowest BCUT2D eigenvalue weighted by Crippen LogP contribution is -2.57. The highest BCUT2D eigenvalue weighted by Crippen LogP contribution is 2.33. The molecule has 2 heterocycles. The number of carbonyl (C=O) groups excluding carboxylic acids is 1. The summed E-state index contributed by atoms with van der Waals surface area (Å²) in [6.07, 6.45) is 1.72. The topological polar surface area (TPSA) is 93.7 Å². The Morgan fingerprint density at radius 3 is 2.65 bits per heavy atom. The van der Waals surface area contributed by atoms with Crippen LogP contribution in [0, 0.1) is 0 Å². The molecule has 2 N–H and O–H groups in total. The second-order valence-corrected chi connectivity index (χ2v) is 8.21. The summed E-state index contributed by atoms with van der Waals surface area (Å²) in [6, 6.07) is 5.39. The predicted molar refractivity (Wildman–Crippen MR) is 84.1 cm³/mol. The van der Waals surface area contributed by atoms with Gasteiger partial charge in [0.25, 0.3) is 0 Å². The molecule has 0 spiro atoms. The molecule has 0 unspecified atom stereocenters. The molecule has 0 aromatic heterocycles. The van der Waals surface area contributed by atoms with Gasteiger partial charge < -0.3 is 20.1 Å². The summed E-state index contributed by atoms with van der Waals surface area (Å²) in [4.78, 5) is 12.6. The minimum atomic E-state index is -3.50. The molecule has 23 heavy (non-hydrogen) atoms. The van der Waals surface area contributed by atoms with E-state index in [9.17, 15) is 13.2 Å². The number of fused-ring (bicyclic) bond motifs is 1. The van der Waals surface area contributed by atoms with Gasteiger partial charge >= 0.3 is 0 Å². The highest BCUT2D eigenvalue weighted by atomic mass is 32.2. The van der Waals surface area contributed by atoms with Gasteiger partial charge in [-0.05, 0) is 43.6 Å². The fourth-order valence-electron chi connectivity index (χ4n) is 2.99. The molecule has 2 aliphatic heterocycles. The maximum atomic E-state index is 12.6. The van der Waals surface area contributed by atoms with E-state index >= 15 is 0 Å². The molecule has 0 atom stereocenters. The first-order valence-corrected chi connectivity index (χ1v) is 9.39. The van der Waals surface area contributed by atoms with E-state index in [1.165, 1.54) is 0 Å². The van der Waals surface area contributed by atoms with E-state index in [-0.39, 0.29) is 13.3 Å². The standard InChI is InChI=1S/C15H20N2O5S/c1-23(19,20)15(4-6-16-7-5-15)14(18)17-9-11-2-3-12-13(8-11)22-10-21-12/h2-3,8,16H,4-7,9-10H2,1H3,(H,17,18). The van der Waals surface area contributed by atoms with Crippen LogP contribution < -0.4 is 20.1 Å². The van der Waals surface area contributed by atoms with E-state index in [2.05, 4.69) is 10.6 Å². The van der Waals surface area contributed by atoms with Crippen molar-refractivity contribution in [1.29, 1.82) is 0 Å². The Hall–Kier alpha value is -1.80. The molecule has 7 nitrogen and oxygen atoms in total. The zero-order chi connectivity index (χ0) is 16.5. The van der Waals surface area contributed by atoms with Crippen LogP contribution >= 0.6 is 0 Å². The van der Waals surface area contributed by atoms with E-state index in [4.69, 9.17) is 9.47 Å². The Kier molecular flexibility index (Phi) is 4.20. The van der Waals surface area contributed by atoms with Crippen molar-refractivity contribution in [2.75, 3.05) is 26.1 Å². The van der Waals surface area contributed by atoms with Crippen LogP contribution in [0.1, 0.15) is 18.4 Å². The number of sulfone groups is 1. The van der Waals surface area contributed by atoms with Gasteiger partial charge in [-0.2, -0.15) is 0 Å². The third kappa shape index (κ3) is 3.00. The molecular weight excluding hydrogens is 320 g/mol. The number of ether oxygens (including phenoxy) is 2. The summed E-state index contributed by atoms with van der Waals surface area (Å²) in [6.45, 7) is 1.48. The molecule has 1 saturated heterocycles. The largest absolute Gasteiger partial charge is 0.454 e. The third-order valence-corrected chi connectivity index (χ3v) is 6.44. The van der Waals surface area contributed by atoms with Crippen LogP contribution in [-0.4, -0.2) is 45.2 Å². The molecule has 1 fully saturated rings. The molecule has 0 bridgehead atoms.